The molecule has 5 aromatic rings. The lowest BCUT2D eigenvalue weighted by Crippen LogP contribution is -2.46. The van der Waals surface area contributed by atoms with Gasteiger partial charge in [-0.15, -0.1) is 5.10 Å². The zero-order valence-corrected chi connectivity index (χ0v) is 29.8. The summed E-state index contributed by atoms with van der Waals surface area (Å²) in [5.41, 5.74) is 5.64. The summed E-state index contributed by atoms with van der Waals surface area (Å²) in [4.78, 5) is 9.14. The fourth-order valence-electron chi connectivity index (χ4n) is 6.36. The average molecular weight is 701 g/mol. The van der Waals surface area contributed by atoms with Gasteiger partial charge in [-0.1, -0.05) is 52.7 Å². The first kappa shape index (κ1) is 34.6. The van der Waals surface area contributed by atoms with E-state index in [1.54, 1.807) is 6.07 Å². The Hall–Kier alpha value is -4.27. The minimum atomic E-state index is -0.532. The van der Waals surface area contributed by atoms with Gasteiger partial charge in [0.2, 0.25) is 0 Å². The number of nitrogens with one attached hydrogen (secondary N) is 2. The molecule has 12 heteroatoms. The van der Waals surface area contributed by atoms with Crippen LogP contribution in [0.15, 0.2) is 67.0 Å². The molecule has 0 bridgehead atoms. The maximum Gasteiger partial charge on any atom is 0.141 e. The Morgan fingerprint density at radius 1 is 1.02 bits per heavy atom. The molecule has 6 rings (SSSR count). The first-order valence-corrected chi connectivity index (χ1v) is 17.1. The zero-order chi connectivity index (χ0) is 34.9. The molecular weight excluding hydrogens is 660 g/mol. The van der Waals surface area contributed by atoms with Gasteiger partial charge in [0, 0.05) is 48.1 Å². The van der Waals surface area contributed by atoms with Gasteiger partial charge in [0.1, 0.15) is 17.6 Å². The van der Waals surface area contributed by atoms with E-state index in [4.69, 9.17) is 23.2 Å². The van der Waals surface area contributed by atoms with Crippen LogP contribution >= 0.6 is 23.2 Å². The molecule has 49 heavy (non-hydrogen) atoms. The highest BCUT2D eigenvalue weighted by atomic mass is 35.5. The molecule has 0 aliphatic carbocycles. The molecule has 9 nitrogen and oxygen atoms in total. The number of pyridine rings is 1. The van der Waals surface area contributed by atoms with Crippen molar-refractivity contribution >= 4 is 51.2 Å². The monoisotopic (exact) mass is 699 g/mol. The molecule has 3 aromatic carbocycles. The molecule has 2 N–H and O–H groups in total. The fraction of sp³-hybridized carbons (Fsp3) is 0.351. The summed E-state index contributed by atoms with van der Waals surface area (Å²) in [5, 5.41) is 27.2. The Balaban J connectivity index is 1.37. The predicted molar refractivity (Wildman–Crippen MR) is 195 cm³/mol. The van der Waals surface area contributed by atoms with Crippen molar-refractivity contribution in [2.24, 2.45) is 0 Å². The van der Waals surface area contributed by atoms with Crippen molar-refractivity contribution in [2.45, 2.75) is 57.8 Å². The van der Waals surface area contributed by atoms with E-state index in [1.165, 1.54) is 23.9 Å². The molecule has 0 saturated carbocycles. The van der Waals surface area contributed by atoms with Gasteiger partial charge < -0.3 is 15.5 Å². The van der Waals surface area contributed by atoms with Gasteiger partial charge in [-0.2, -0.15) is 5.26 Å². The van der Waals surface area contributed by atoms with Crippen LogP contribution in [0.4, 0.5) is 21.5 Å². The smallest absolute Gasteiger partial charge is 0.141 e. The van der Waals surface area contributed by atoms with Gasteiger partial charge in [-0.05, 0) is 89.2 Å². The molecule has 0 amide bonds. The number of piperidine rings is 1. The van der Waals surface area contributed by atoms with Gasteiger partial charge in [0.25, 0.3) is 0 Å². The number of rotatable bonds is 9. The molecule has 0 radical (unpaired) electrons. The standard InChI is InChI=1S/C37H40Cl2FN9/c1-37(2,3)48-14-12-28(13-15-48)49-22-33(45-46-49)35(24-8-6-23(7-9-24)21-47(4)5)44-27-16-29-34(43-26-10-11-32(40)30(38)17-26)25(19-41)20-42-36(29)31(39)18-27/h6-11,16-18,20,22,28,35,44H,12-15,21H2,1-5H3,(H,42,43)/t35-/m0/s1. The third-order valence-electron chi connectivity index (χ3n) is 8.97. The van der Waals surface area contributed by atoms with E-state index < -0.39 is 5.82 Å². The molecule has 1 saturated heterocycles. The third-order valence-corrected chi connectivity index (χ3v) is 9.55. The van der Waals surface area contributed by atoms with Crippen molar-refractivity contribution in [2.75, 3.05) is 37.8 Å². The number of nitriles is 1. The van der Waals surface area contributed by atoms with Crippen molar-refractivity contribution in [3.05, 3.63) is 105 Å². The largest absolute Gasteiger partial charge is 0.373 e. The Morgan fingerprint density at radius 2 is 1.73 bits per heavy atom. The van der Waals surface area contributed by atoms with Gasteiger partial charge >= 0.3 is 0 Å². The maximum atomic E-state index is 13.9. The summed E-state index contributed by atoms with van der Waals surface area (Å²) in [6.45, 7) is 9.61. The molecular formula is C37H40Cl2FN9. The highest BCUT2D eigenvalue weighted by Gasteiger charge is 2.29. The first-order valence-electron chi connectivity index (χ1n) is 16.3. The van der Waals surface area contributed by atoms with E-state index in [-0.39, 0.29) is 22.6 Å². The number of hydrogen-bond acceptors (Lipinski definition) is 8. The number of anilines is 3. The highest BCUT2D eigenvalue weighted by Crippen LogP contribution is 2.37. The number of aromatic nitrogens is 4. The first-order chi connectivity index (χ1) is 23.4. The van der Waals surface area contributed by atoms with Crippen molar-refractivity contribution < 1.29 is 4.39 Å². The number of hydrogen-bond donors (Lipinski definition) is 2. The zero-order valence-electron chi connectivity index (χ0n) is 28.3. The van der Waals surface area contributed by atoms with Crippen LogP contribution in [0.2, 0.25) is 10.0 Å². The summed E-state index contributed by atoms with van der Waals surface area (Å²) in [6.07, 6.45) is 5.52. The van der Waals surface area contributed by atoms with Gasteiger partial charge in [-0.25, -0.2) is 9.07 Å². The predicted octanol–water partition coefficient (Wildman–Crippen LogP) is 8.59. The number of benzene rings is 3. The fourth-order valence-corrected chi connectivity index (χ4v) is 6.81. The minimum Gasteiger partial charge on any atom is -0.373 e. The lowest BCUT2D eigenvalue weighted by atomic mass is 9.98. The Kier molecular flexibility index (Phi) is 10.1. The summed E-state index contributed by atoms with van der Waals surface area (Å²) in [7, 11) is 4.10. The second-order valence-corrected chi connectivity index (χ2v) is 14.7. The van der Waals surface area contributed by atoms with Crippen molar-refractivity contribution in [3.63, 3.8) is 0 Å². The van der Waals surface area contributed by atoms with Crippen LogP contribution in [-0.2, 0) is 6.54 Å². The van der Waals surface area contributed by atoms with E-state index in [1.807, 2.05) is 37.1 Å². The summed E-state index contributed by atoms with van der Waals surface area (Å²) in [5.74, 6) is -0.532. The van der Waals surface area contributed by atoms with Gasteiger partial charge in [0.15, 0.2) is 0 Å². The Morgan fingerprint density at radius 3 is 2.39 bits per heavy atom. The van der Waals surface area contributed by atoms with Crippen LogP contribution in [0.1, 0.15) is 68.1 Å². The molecule has 1 aliphatic heterocycles. The lowest BCUT2D eigenvalue weighted by Gasteiger charge is -2.40. The molecule has 2 aromatic heterocycles. The SMILES string of the molecule is CN(C)Cc1ccc([C@H](Nc2cc(Cl)c3ncc(C#N)c(Nc4ccc(F)c(Cl)c4)c3c2)c2cn(C3CCN(C(C)(C)C)CC3)nn2)cc1. The minimum absolute atomic E-state index is 0.0329. The van der Waals surface area contributed by atoms with E-state index in [0.717, 1.165) is 43.7 Å². The Labute approximate surface area is 296 Å². The summed E-state index contributed by atoms with van der Waals surface area (Å²) < 4.78 is 15.9. The molecule has 0 spiro atoms. The van der Waals surface area contributed by atoms with Crippen molar-refractivity contribution in [1.29, 1.82) is 5.26 Å². The van der Waals surface area contributed by atoms with E-state index in [9.17, 15) is 9.65 Å². The molecule has 3 heterocycles. The number of halogens is 3. The van der Waals surface area contributed by atoms with Gasteiger partial charge in [0.05, 0.1) is 45.1 Å². The maximum absolute atomic E-state index is 13.9. The van der Waals surface area contributed by atoms with Crippen molar-refractivity contribution in [3.8, 4) is 6.07 Å². The topological polar surface area (TPSA) is 97.9 Å². The quantitative estimate of drug-likeness (QED) is 0.158. The van der Waals surface area contributed by atoms with E-state index >= 15 is 0 Å². The van der Waals surface area contributed by atoms with Crippen LogP contribution in [0.5, 0.6) is 0 Å². The molecule has 1 aliphatic rings. The highest BCUT2D eigenvalue weighted by molar-refractivity contribution is 6.36. The van der Waals surface area contributed by atoms with Crippen LogP contribution in [0, 0.1) is 17.1 Å². The second-order valence-electron chi connectivity index (χ2n) is 13.8. The normalized spacial score (nSPS) is 15.0. The van der Waals surface area contributed by atoms with Crippen molar-refractivity contribution in [1.82, 2.24) is 29.8 Å². The molecule has 1 atom stereocenters. The third kappa shape index (κ3) is 7.81. The van der Waals surface area contributed by atoms with Gasteiger partial charge in [-0.3, -0.25) is 9.88 Å². The Bertz CT molecular complexity index is 1990. The van der Waals surface area contributed by atoms with Crippen LogP contribution in [0.3, 0.4) is 0 Å². The summed E-state index contributed by atoms with van der Waals surface area (Å²) >= 11 is 12.9. The lowest BCUT2D eigenvalue weighted by molar-refractivity contribution is 0.0866. The summed E-state index contributed by atoms with van der Waals surface area (Å²) in [6, 6.07) is 18.6. The van der Waals surface area contributed by atoms with Crippen LogP contribution in [0.25, 0.3) is 10.9 Å². The number of nitrogens with zero attached hydrogens (tertiary/aromatic N) is 7. The number of likely N-dealkylation sites (tertiary alicyclic amines) is 1. The van der Waals surface area contributed by atoms with Crippen LogP contribution < -0.4 is 10.6 Å². The second kappa shape index (κ2) is 14.3. The molecule has 254 valence electrons. The van der Waals surface area contributed by atoms with E-state index in [0.29, 0.717) is 38.6 Å². The van der Waals surface area contributed by atoms with Crippen LogP contribution in [-0.4, -0.2) is 62.5 Å². The molecule has 1 fully saturated rings. The number of fused-ring (bicyclic) bond motifs is 1. The average Bonchev–Trinajstić information content (AvgIpc) is 3.56. The molecule has 0 unspecified atom stereocenters. The van der Waals surface area contributed by atoms with E-state index in [2.05, 4.69) is 86.8 Å².